The molecule has 4 aromatic rings. The summed E-state index contributed by atoms with van der Waals surface area (Å²) in [6.45, 7) is 1.75. The molecule has 0 saturated heterocycles. The number of H-pyrrole nitrogens is 1. The smallest absolute Gasteiger partial charge is 0.252 e. The first-order chi connectivity index (χ1) is 17.6. The summed E-state index contributed by atoms with van der Waals surface area (Å²) in [5.41, 5.74) is 1.75. The number of amides is 1. The number of alkyl halides is 2. The fraction of sp³-hybridized carbons (Fsp3) is 0.280. The number of fused-ring (bicyclic) bond motifs is 1. The van der Waals surface area contributed by atoms with Crippen molar-refractivity contribution in [1.29, 1.82) is 0 Å². The van der Waals surface area contributed by atoms with Crippen molar-refractivity contribution in [2.75, 3.05) is 12.4 Å². The van der Waals surface area contributed by atoms with Crippen molar-refractivity contribution in [3.05, 3.63) is 76.7 Å². The van der Waals surface area contributed by atoms with Crippen LogP contribution in [0.25, 0.3) is 10.9 Å². The van der Waals surface area contributed by atoms with E-state index in [-0.39, 0.29) is 41.0 Å². The third-order valence-electron chi connectivity index (χ3n) is 6.30. The average Bonchev–Trinajstić information content (AvgIpc) is 3.26. The van der Waals surface area contributed by atoms with Gasteiger partial charge >= 0.3 is 0 Å². The van der Waals surface area contributed by atoms with Gasteiger partial charge < -0.3 is 15.4 Å². The number of anilines is 1. The van der Waals surface area contributed by atoms with E-state index in [9.17, 15) is 22.4 Å². The summed E-state index contributed by atoms with van der Waals surface area (Å²) in [4.78, 5) is 21.5. The molecule has 8 nitrogen and oxygen atoms in total. The van der Waals surface area contributed by atoms with Crippen LogP contribution in [0.3, 0.4) is 0 Å². The van der Waals surface area contributed by atoms with Gasteiger partial charge in [0.05, 0.1) is 30.3 Å². The number of ether oxygens (including phenoxy) is 1. The molecule has 0 bridgehead atoms. The minimum Gasteiger partial charge on any atom is -0.494 e. The van der Waals surface area contributed by atoms with Crippen LogP contribution in [0.1, 0.15) is 46.1 Å². The summed E-state index contributed by atoms with van der Waals surface area (Å²) < 4.78 is 60.6. The third-order valence-corrected chi connectivity index (χ3v) is 6.30. The zero-order chi connectivity index (χ0) is 26.3. The molecule has 3 N–H and O–H groups in total. The maximum Gasteiger partial charge on any atom is 0.252 e. The van der Waals surface area contributed by atoms with Crippen LogP contribution >= 0.6 is 0 Å². The van der Waals surface area contributed by atoms with Gasteiger partial charge in [-0.1, -0.05) is 6.07 Å². The fourth-order valence-corrected chi connectivity index (χ4v) is 4.31. The van der Waals surface area contributed by atoms with Crippen molar-refractivity contribution in [2.45, 2.75) is 37.8 Å². The molecule has 0 unspecified atom stereocenters. The number of methoxy groups -OCH3 is 1. The number of carbonyl (C=O) groups is 1. The van der Waals surface area contributed by atoms with Gasteiger partial charge in [0.25, 0.3) is 11.8 Å². The third kappa shape index (κ3) is 4.91. The van der Waals surface area contributed by atoms with Crippen LogP contribution in [0.15, 0.2) is 42.7 Å². The van der Waals surface area contributed by atoms with E-state index >= 15 is 0 Å². The normalized spacial score (nSPS) is 15.7. The second-order valence-electron chi connectivity index (χ2n) is 8.94. The minimum atomic E-state index is -2.72. The summed E-state index contributed by atoms with van der Waals surface area (Å²) in [6, 6.07) is 5.42. The standard InChI is InChI=1S/C25H22F4N6O2/c1-12-16(11-31-35-12)22(13-3-4-21(37-2)19(27)5-13)34-23(36)14-6-18(26)17-10-30-24(33-20(17)7-14)32-15-8-25(28,29)9-15/h3-7,10-11,15,22H,8-9H2,1-2H3,(H,31,35)(H,34,36)(H,30,32,33)/t22-/m0/s1. The van der Waals surface area contributed by atoms with E-state index < -0.39 is 35.5 Å². The van der Waals surface area contributed by atoms with Crippen molar-refractivity contribution in [1.82, 2.24) is 25.5 Å². The van der Waals surface area contributed by atoms with Crippen LogP contribution in [0.2, 0.25) is 0 Å². The molecule has 1 atom stereocenters. The van der Waals surface area contributed by atoms with Gasteiger partial charge in [0.1, 0.15) is 5.82 Å². The monoisotopic (exact) mass is 514 g/mol. The Bertz CT molecular complexity index is 1480. The van der Waals surface area contributed by atoms with E-state index in [1.807, 2.05) is 0 Å². The van der Waals surface area contributed by atoms with Crippen LogP contribution in [-0.2, 0) is 0 Å². The number of hydrogen-bond acceptors (Lipinski definition) is 6. The molecule has 1 aliphatic carbocycles. The number of aromatic nitrogens is 4. The molecule has 1 fully saturated rings. The van der Waals surface area contributed by atoms with E-state index in [0.29, 0.717) is 16.8 Å². The van der Waals surface area contributed by atoms with Crippen LogP contribution < -0.4 is 15.4 Å². The molecule has 2 heterocycles. The molecular formula is C25H22F4N6O2. The van der Waals surface area contributed by atoms with Crippen molar-refractivity contribution in [3.8, 4) is 5.75 Å². The van der Waals surface area contributed by atoms with Crippen LogP contribution in [-0.4, -0.2) is 45.1 Å². The highest BCUT2D eigenvalue weighted by molar-refractivity contribution is 5.98. The van der Waals surface area contributed by atoms with Gasteiger partial charge in [0, 0.05) is 41.9 Å². The second-order valence-corrected chi connectivity index (χ2v) is 8.94. The highest BCUT2D eigenvalue weighted by Crippen LogP contribution is 2.38. The van der Waals surface area contributed by atoms with Gasteiger partial charge in [-0.25, -0.2) is 27.5 Å². The predicted octanol–water partition coefficient (Wildman–Crippen LogP) is 4.68. The first-order valence-electron chi connectivity index (χ1n) is 11.4. The lowest BCUT2D eigenvalue weighted by molar-refractivity contribution is -0.0794. The lowest BCUT2D eigenvalue weighted by Crippen LogP contribution is -2.44. The molecule has 0 aliphatic heterocycles. The van der Waals surface area contributed by atoms with E-state index in [1.165, 1.54) is 37.7 Å². The molecular weight excluding hydrogens is 492 g/mol. The van der Waals surface area contributed by atoms with Crippen molar-refractivity contribution in [3.63, 3.8) is 0 Å². The number of nitrogens with one attached hydrogen (secondary N) is 3. The Labute approximate surface area is 208 Å². The van der Waals surface area contributed by atoms with Gasteiger partial charge in [-0.3, -0.25) is 9.89 Å². The summed E-state index contributed by atoms with van der Waals surface area (Å²) in [5.74, 6) is -4.60. The molecule has 37 heavy (non-hydrogen) atoms. The number of benzene rings is 2. The highest BCUT2D eigenvalue weighted by atomic mass is 19.3. The number of nitrogens with zero attached hydrogens (tertiary/aromatic N) is 3. The van der Waals surface area contributed by atoms with E-state index in [1.54, 1.807) is 13.0 Å². The lowest BCUT2D eigenvalue weighted by atomic mass is 9.88. The Morgan fingerprint density at radius 1 is 1.16 bits per heavy atom. The average molecular weight is 514 g/mol. The Hall–Kier alpha value is -4.22. The van der Waals surface area contributed by atoms with Gasteiger partial charge in [-0.2, -0.15) is 5.10 Å². The molecule has 2 aromatic heterocycles. The SMILES string of the molecule is COc1ccc([C@H](NC(=O)c2cc(F)c3cnc(NC4CC(F)(F)C4)nc3c2)c2cn[nH]c2C)cc1F. The first kappa shape index (κ1) is 24.5. The zero-order valence-electron chi connectivity index (χ0n) is 19.8. The zero-order valence-corrected chi connectivity index (χ0v) is 19.8. The van der Waals surface area contributed by atoms with E-state index in [4.69, 9.17) is 4.74 Å². The Kier molecular flexibility index (Phi) is 6.18. The molecule has 2 aromatic carbocycles. The quantitative estimate of drug-likeness (QED) is 0.310. The maximum atomic E-state index is 14.9. The second kappa shape index (κ2) is 9.34. The Morgan fingerprint density at radius 3 is 2.59 bits per heavy atom. The topological polar surface area (TPSA) is 105 Å². The molecule has 0 radical (unpaired) electrons. The maximum absolute atomic E-state index is 14.9. The van der Waals surface area contributed by atoms with Crippen molar-refractivity contribution < 1.29 is 27.1 Å². The summed E-state index contributed by atoms with van der Waals surface area (Å²) in [6.07, 6.45) is 2.06. The van der Waals surface area contributed by atoms with Gasteiger partial charge in [0.2, 0.25) is 5.95 Å². The number of carbonyl (C=O) groups excluding carboxylic acids is 1. The summed E-state index contributed by atoms with van der Waals surface area (Å²) in [7, 11) is 1.35. The van der Waals surface area contributed by atoms with Crippen molar-refractivity contribution >= 4 is 22.8 Å². The number of rotatable bonds is 7. The number of aromatic amines is 1. The van der Waals surface area contributed by atoms with Gasteiger partial charge in [-0.15, -0.1) is 0 Å². The molecule has 1 aliphatic rings. The van der Waals surface area contributed by atoms with Crippen LogP contribution in [0.4, 0.5) is 23.5 Å². The summed E-state index contributed by atoms with van der Waals surface area (Å²) in [5, 5.41) is 12.5. The Balaban J connectivity index is 1.44. The molecule has 5 rings (SSSR count). The van der Waals surface area contributed by atoms with Crippen LogP contribution in [0, 0.1) is 18.6 Å². The largest absolute Gasteiger partial charge is 0.494 e. The molecule has 1 amide bonds. The summed E-state index contributed by atoms with van der Waals surface area (Å²) >= 11 is 0. The number of halogens is 4. The molecule has 192 valence electrons. The van der Waals surface area contributed by atoms with Gasteiger partial charge in [0.15, 0.2) is 11.6 Å². The molecule has 1 saturated carbocycles. The highest BCUT2D eigenvalue weighted by Gasteiger charge is 2.45. The fourth-order valence-electron chi connectivity index (χ4n) is 4.31. The van der Waals surface area contributed by atoms with Gasteiger partial charge in [-0.05, 0) is 36.8 Å². The minimum absolute atomic E-state index is 0.0371. The van der Waals surface area contributed by atoms with E-state index in [2.05, 4.69) is 30.8 Å². The lowest BCUT2D eigenvalue weighted by Gasteiger charge is -2.35. The van der Waals surface area contributed by atoms with E-state index in [0.717, 1.165) is 6.07 Å². The van der Waals surface area contributed by atoms with Crippen molar-refractivity contribution in [2.24, 2.45) is 0 Å². The number of aryl methyl sites for hydroxylation is 1. The molecule has 0 spiro atoms. The first-order valence-corrected chi connectivity index (χ1v) is 11.4. The number of hydrogen-bond donors (Lipinski definition) is 3. The molecule has 12 heteroatoms. The predicted molar refractivity (Wildman–Crippen MR) is 127 cm³/mol. The van der Waals surface area contributed by atoms with Crippen LogP contribution in [0.5, 0.6) is 5.75 Å². The Morgan fingerprint density at radius 2 is 1.95 bits per heavy atom.